The van der Waals surface area contributed by atoms with Crippen LogP contribution in [-0.2, 0) is 4.79 Å². The number of fused-ring (bicyclic) bond motifs is 2. The third kappa shape index (κ3) is 3.68. The maximum absolute atomic E-state index is 12.4. The molecule has 1 aromatic heterocycles. The first-order valence-electron chi connectivity index (χ1n) is 8.89. The van der Waals surface area contributed by atoms with E-state index < -0.39 is 5.63 Å². The highest BCUT2D eigenvalue weighted by Crippen LogP contribution is 2.32. The normalized spacial score (nSPS) is 15.6. The Morgan fingerprint density at radius 2 is 2.11 bits per heavy atom. The molecule has 7 heteroatoms. The van der Waals surface area contributed by atoms with E-state index in [0.717, 1.165) is 22.3 Å². The maximum atomic E-state index is 12.4. The van der Waals surface area contributed by atoms with E-state index in [-0.39, 0.29) is 24.3 Å². The number of rotatable bonds is 4. The molecule has 0 spiro atoms. The number of hydrogen-bond acceptors (Lipinski definition) is 5. The number of para-hydroxylation sites is 1. The third-order valence-corrected chi connectivity index (χ3v) is 4.95. The molecule has 2 aromatic carbocycles. The van der Waals surface area contributed by atoms with Crippen molar-refractivity contribution in [3.8, 4) is 11.5 Å². The van der Waals surface area contributed by atoms with Crippen LogP contribution >= 0.6 is 11.6 Å². The fourth-order valence-electron chi connectivity index (χ4n) is 3.30. The fourth-order valence-corrected chi connectivity index (χ4v) is 3.52. The number of carbonyl (C=O) groups excluding carboxylic acids is 1. The van der Waals surface area contributed by atoms with Gasteiger partial charge >= 0.3 is 5.63 Å². The Kier molecular flexibility index (Phi) is 4.96. The molecule has 28 heavy (non-hydrogen) atoms. The number of aryl methyl sites for hydroxylation is 1. The van der Waals surface area contributed by atoms with Gasteiger partial charge in [0.1, 0.15) is 17.1 Å². The average Bonchev–Trinajstić information content (AvgIpc) is 2.67. The van der Waals surface area contributed by atoms with Gasteiger partial charge in [-0.25, -0.2) is 4.79 Å². The monoisotopic (exact) mass is 399 g/mol. The van der Waals surface area contributed by atoms with E-state index in [1.54, 1.807) is 13.0 Å². The Balaban J connectivity index is 1.47. The van der Waals surface area contributed by atoms with Crippen molar-refractivity contribution >= 4 is 28.5 Å². The van der Waals surface area contributed by atoms with Crippen molar-refractivity contribution in [1.82, 2.24) is 5.32 Å². The summed E-state index contributed by atoms with van der Waals surface area (Å²) in [7, 11) is 0. The lowest BCUT2D eigenvalue weighted by molar-refractivity contribution is -0.124. The molecule has 2 heterocycles. The lowest BCUT2D eigenvalue weighted by Gasteiger charge is -2.26. The number of hydrogen-bond donors (Lipinski definition) is 1. The van der Waals surface area contributed by atoms with Crippen molar-refractivity contribution in [2.24, 2.45) is 0 Å². The molecular weight excluding hydrogens is 382 g/mol. The molecule has 0 saturated carbocycles. The summed E-state index contributed by atoms with van der Waals surface area (Å²) in [6.07, 6.45) is 0.684. The summed E-state index contributed by atoms with van der Waals surface area (Å²) < 4.78 is 16.4. The van der Waals surface area contributed by atoms with E-state index in [0.29, 0.717) is 23.6 Å². The second-order valence-corrected chi connectivity index (χ2v) is 7.02. The van der Waals surface area contributed by atoms with Crippen molar-refractivity contribution < 1.29 is 18.7 Å². The number of amides is 1. The summed E-state index contributed by atoms with van der Waals surface area (Å²) in [5.41, 5.74) is 1.62. The molecule has 0 saturated heterocycles. The zero-order valence-corrected chi connectivity index (χ0v) is 15.9. The smallest absolute Gasteiger partial charge is 0.336 e. The van der Waals surface area contributed by atoms with E-state index in [9.17, 15) is 9.59 Å². The SMILES string of the molecule is Cc1cc(=O)oc2cc(OCC(=O)NC3CCOc4ccccc43)c(Cl)cc12. The molecule has 3 aromatic rings. The van der Waals surface area contributed by atoms with Gasteiger partial charge in [-0.1, -0.05) is 29.8 Å². The van der Waals surface area contributed by atoms with Crippen molar-refractivity contribution in [2.45, 2.75) is 19.4 Å². The summed E-state index contributed by atoms with van der Waals surface area (Å²) in [5.74, 6) is 0.789. The number of benzene rings is 2. The van der Waals surface area contributed by atoms with Crippen LogP contribution in [0.2, 0.25) is 5.02 Å². The molecule has 6 nitrogen and oxygen atoms in total. The molecule has 1 aliphatic heterocycles. The molecule has 0 aliphatic carbocycles. The highest BCUT2D eigenvalue weighted by molar-refractivity contribution is 6.32. The molecule has 0 bridgehead atoms. The van der Waals surface area contributed by atoms with Gasteiger partial charge in [0.2, 0.25) is 0 Å². The minimum absolute atomic E-state index is 0.131. The van der Waals surface area contributed by atoms with Crippen LogP contribution in [-0.4, -0.2) is 19.1 Å². The molecule has 0 radical (unpaired) electrons. The summed E-state index contributed by atoms with van der Waals surface area (Å²) in [6, 6.07) is 12.1. The van der Waals surface area contributed by atoms with Gasteiger partial charge < -0.3 is 19.2 Å². The van der Waals surface area contributed by atoms with Crippen LogP contribution in [0.5, 0.6) is 11.5 Å². The second-order valence-electron chi connectivity index (χ2n) is 6.61. The molecule has 1 N–H and O–H groups in total. The number of halogens is 1. The summed E-state index contributed by atoms with van der Waals surface area (Å²) in [5, 5.41) is 4.02. The Morgan fingerprint density at radius 1 is 1.29 bits per heavy atom. The van der Waals surface area contributed by atoms with Crippen LogP contribution in [0.25, 0.3) is 11.0 Å². The van der Waals surface area contributed by atoms with Gasteiger partial charge in [0.05, 0.1) is 17.7 Å². The first kappa shape index (κ1) is 18.4. The van der Waals surface area contributed by atoms with Gasteiger partial charge in [0.15, 0.2) is 6.61 Å². The van der Waals surface area contributed by atoms with E-state index in [1.165, 1.54) is 12.1 Å². The van der Waals surface area contributed by atoms with Crippen molar-refractivity contribution in [1.29, 1.82) is 0 Å². The van der Waals surface area contributed by atoms with Crippen molar-refractivity contribution in [2.75, 3.05) is 13.2 Å². The van der Waals surface area contributed by atoms with Gasteiger partial charge in [-0.15, -0.1) is 0 Å². The first-order valence-corrected chi connectivity index (χ1v) is 9.27. The average molecular weight is 400 g/mol. The largest absolute Gasteiger partial charge is 0.493 e. The molecule has 1 unspecified atom stereocenters. The minimum atomic E-state index is -0.450. The van der Waals surface area contributed by atoms with Crippen molar-refractivity contribution in [3.05, 3.63) is 69.0 Å². The maximum Gasteiger partial charge on any atom is 0.336 e. The number of ether oxygens (including phenoxy) is 2. The number of carbonyl (C=O) groups is 1. The van der Waals surface area contributed by atoms with E-state index >= 15 is 0 Å². The summed E-state index contributed by atoms with van der Waals surface area (Å²) in [6.45, 7) is 2.13. The molecule has 1 atom stereocenters. The topological polar surface area (TPSA) is 77.8 Å². The van der Waals surface area contributed by atoms with Crippen LogP contribution in [0.3, 0.4) is 0 Å². The van der Waals surface area contributed by atoms with Gasteiger partial charge in [0, 0.05) is 29.5 Å². The molecular formula is C21H18ClNO5. The number of nitrogens with one attached hydrogen (secondary N) is 1. The predicted molar refractivity (Wildman–Crippen MR) is 105 cm³/mol. The van der Waals surface area contributed by atoms with Gasteiger partial charge in [-0.2, -0.15) is 0 Å². The standard InChI is InChI=1S/C21H18ClNO5/c1-12-8-21(25)28-18-10-19(15(22)9-14(12)18)27-11-20(24)23-16-6-7-26-17-5-3-2-4-13(16)17/h2-5,8-10,16H,6-7,11H2,1H3,(H,23,24). The zero-order chi connectivity index (χ0) is 19.7. The van der Waals surface area contributed by atoms with Gasteiger partial charge in [-0.05, 0) is 24.6 Å². The highest BCUT2D eigenvalue weighted by Gasteiger charge is 2.22. The quantitative estimate of drug-likeness (QED) is 0.675. The van der Waals surface area contributed by atoms with E-state index in [1.807, 2.05) is 24.3 Å². The van der Waals surface area contributed by atoms with Crippen LogP contribution in [0.4, 0.5) is 0 Å². The summed E-state index contributed by atoms with van der Waals surface area (Å²) in [4.78, 5) is 24.0. The van der Waals surface area contributed by atoms with Crippen molar-refractivity contribution in [3.63, 3.8) is 0 Å². The van der Waals surface area contributed by atoms with Crippen LogP contribution in [0, 0.1) is 6.92 Å². The van der Waals surface area contributed by atoms with Gasteiger partial charge in [0.25, 0.3) is 5.91 Å². The van der Waals surface area contributed by atoms with Crippen LogP contribution in [0.1, 0.15) is 23.6 Å². The Hall–Kier alpha value is -2.99. The van der Waals surface area contributed by atoms with Crippen LogP contribution < -0.4 is 20.4 Å². The van der Waals surface area contributed by atoms with E-state index in [4.69, 9.17) is 25.5 Å². The highest BCUT2D eigenvalue weighted by atomic mass is 35.5. The predicted octanol–water partition coefficient (Wildman–Crippen LogP) is 3.77. The van der Waals surface area contributed by atoms with Gasteiger partial charge in [-0.3, -0.25) is 4.79 Å². The lowest BCUT2D eigenvalue weighted by Crippen LogP contribution is -2.35. The Morgan fingerprint density at radius 3 is 2.96 bits per heavy atom. The third-order valence-electron chi connectivity index (χ3n) is 4.66. The molecule has 4 rings (SSSR count). The Bertz CT molecular complexity index is 1110. The lowest BCUT2D eigenvalue weighted by atomic mass is 10.0. The molecule has 1 aliphatic rings. The fraction of sp³-hybridized carbons (Fsp3) is 0.238. The summed E-state index contributed by atoms with van der Waals surface area (Å²) >= 11 is 6.26. The molecule has 0 fully saturated rings. The second kappa shape index (κ2) is 7.56. The Labute approximate surface area is 166 Å². The van der Waals surface area contributed by atoms with E-state index in [2.05, 4.69) is 5.32 Å². The van der Waals surface area contributed by atoms with Crippen LogP contribution in [0.15, 0.2) is 51.7 Å². The zero-order valence-electron chi connectivity index (χ0n) is 15.2. The minimum Gasteiger partial charge on any atom is -0.493 e. The molecule has 144 valence electrons. The molecule has 1 amide bonds. The first-order chi connectivity index (χ1) is 13.5.